The number of rotatable bonds is 6. The molecule has 7 heteroatoms. The van der Waals surface area contributed by atoms with Gasteiger partial charge in [0, 0.05) is 36.7 Å². The summed E-state index contributed by atoms with van der Waals surface area (Å²) in [5.41, 5.74) is 3.61. The Bertz CT molecular complexity index is 1360. The molecule has 0 radical (unpaired) electrons. The summed E-state index contributed by atoms with van der Waals surface area (Å²) in [7, 11) is 0. The van der Waals surface area contributed by atoms with Crippen LogP contribution in [0.25, 0.3) is 22.6 Å². The quantitative estimate of drug-likeness (QED) is 0.395. The number of nitrogens with zero attached hydrogens (tertiary/aromatic N) is 2. The first-order chi connectivity index (χ1) is 17.5. The van der Waals surface area contributed by atoms with Crippen molar-refractivity contribution in [2.75, 3.05) is 13.1 Å². The van der Waals surface area contributed by atoms with Crippen molar-refractivity contribution < 1.29 is 18.4 Å². The van der Waals surface area contributed by atoms with Crippen molar-refractivity contribution in [1.82, 2.24) is 15.2 Å². The molecule has 1 aromatic heterocycles. The van der Waals surface area contributed by atoms with E-state index in [1.165, 1.54) is 12.1 Å². The molecule has 1 aliphatic heterocycles. The van der Waals surface area contributed by atoms with Gasteiger partial charge < -0.3 is 14.6 Å². The third-order valence-corrected chi connectivity index (χ3v) is 6.98. The maximum absolute atomic E-state index is 13.2. The van der Waals surface area contributed by atoms with E-state index < -0.39 is 0 Å². The van der Waals surface area contributed by atoms with Gasteiger partial charge in [0.15, 0.2) is 5.58 Å². The summed E-state index contributed by atoms with van der Waals surface area (Å²) < 4.78 is 19.0. The van der Waals surface area contributed by atoms with Crippen molar-refractivity contribution in [2.45, 2.75) is 26.3 Å². The lowest BCUT2D eigenvalue weighted by Crippen LogP contribution is -2.42. The molecule has 1 fully saturated rings. The summed E-state index contributed by atoms with van der Waals surface area (Å²) in [6.07, 6.45) is 1.53. The van der Waals surface area contributed by atoms with E-state index in [1.807, 2.05) is 48.2 Å². The van der Waals surface area contributed by atoms with E-state index in [-0.39, 0.29) is 29.5 Å². The third kappa shape index (κ3) is 5.15. The van der Waals surface area contributed by atoms with E-state index in [4.69, 9.17) is 4.42 Å². The molecule has 5 rings (SSSR count). The zero-order valence-electron chi connectivity index (χ0n) is 20.1. The molecule has 36 heavy (non-hydrogen) atoms. The first-order valence-corrected chi connectivity index (χ1v) is 12.3. The minimum atomic E-state index is -0.294. The molecule has 2 amide bonds. The van der Waals surface area contributed by atoms with E-state index in [0.29, 0.717) is 42.2 Å². The molecule has 1 N–H and O–H groups in total. The van der Waals surface area contributed by atoms with Crippen LogP contribution >= 0.6 is 0 Å². The van der Waals surface area contributed by atoms with Crippen molar-refractivity contribution in [3.63, 3.8) is 0 Å². The Morgan fingerprint density at radius 2 is 1.78 bits per heavy atom. The number of halogens is 1. The van der Waals surface area contributed by atoms with Crippen LogP contribution in [0.5, 0.6) is 0 Å². The molecule has 1 aliphatic rings. The Balaban J connectivity index is 1.17. The van der Waals surface area contributed by atoms with Crippen LogP contribution in [0.15, 0.2) is 77.2 Å². The standard InChI is InChI=1S/C29H28FN3O3/c1-19(27(34)31-18-20-7-10-24(30)11-8-20)21-13-15-33(16-14-21)29(35)23-9-12-25-26(17-23)36-28(32-25)22-5-3-2-4-6-22/h2-12,17,19,21H,13-16,18H2,1H3,(H,31,34)/t19-/m0/s1. The normalized spacial score (nSPS) is 15.1. The molecule has 184 valence electrons. The second-order valence-electron chi connectivity index (χ2n) is 9.33. The monoisotopic (exact) mass is 485 g/mol. The number of carbonyl (C=O) groups excluding carboxylic acids is 2. The predicted octanol–water partition coefficient (Wildman–Crippen LogP) is 5.44. The Morgan fingerprint density at radius 3 is 2.50 bits per heavy atom. The Hall–Kier alpha value is -4.00. The van der Waals surface area contributed by atoms with Crippen LogP contribution < -0.4 is 5.32 Å². The molecule has 6 nitrogen and oxygen atoms in total. The van der Waals surface area contributed by atoms with Gasteiger partial charge in [-0.3, -0.25) is 9.59 Å². The highest BCUT2D eigenvalue weighted by Gasteiger charge is 2.30. The van der Waals surface area contributed by atoms with E-state index in [9.17, 15) is 14.0 Å². The van der Waals surface area contributed by atoms with Crippen molar-refractivity contribution in [2.24, 2.45) is 11.8 Å². The van der Waals surface area contributed by atoms with Crippen LogP contribution in [0.1, 0.15) is 35.7 Å². The molecule has 0 saturated carbocycles. The number of oxazole rings is 1. The van der Waals surface area contributed by atoms with Crippen molar-refractivity contribution in [3.05, 3.63) is 89.7 Å². The molecular formula is C29H28FN3O3. The van der Waals surface area contributed by atoms with Crippen LogP contribution in [-0.4, -0.2) is 34.8 Å². The second kappa shape index (κ2) is 10.3. The van der Waals surface area contributed by atoms with E-state index in [2.05, 4.69) is 10.3 Å². The smallest absolute Gasteiger partial charge is 0.253 e. The number of hydrogen-bond acceptors (Lipinski definition) is 4. The highest BCUT2D eigenvalue weighted by Crippen LogP contribution is 2.28. The summed E-state index contributed by atoms with van der Waals surface area (Å²) in [4.78, 5) is 32.2. The fraction of sp³-hybridized carbons (Fsp3) is 0.276. The van der Waals surface area contributed by atoms with Gasteiger partial charge in [-0.15, -0.1) is 0 Å². The summed E-state index contributed by atoms with van der Waals surface area (Å²) in [5, 5.41) is 2.95. The lowest BCUT2D eigenvalue weighted by Gasteiger charge is -2.34. The van der Waals surface area contributed by atoms with Crippen molar-refractivity contribution in [1.29, 1.82) is 0 Å². The predicted molar refractivity (Wildman–Crippen MR) is 135 cm³/mol. The van der Waals surface area contributed by atoms with Crippen LogP contribution in [-0.2, 0) is 11.3 Å². The van der Waals surface area contributed by atoms with E-state index >= 15 is 0 Å². The first-order valence-electron chi connectivity index (χ1n) is 12.3. The Kier molecular flexibility index (Phi) is 6.80. The fourth-order valence-electron chi connectivity index (χ4n) is 4.71. The second-order valence-corrected chi connectivity index (χ2v) is 9.33. The first kappa shape index (κ1) is 23.7. The maximum Gasteiger partial charge on any atom is 0.253 e. The Labute approximate surface area is 209 Å². The molecule has 4 aromatic rings. The number of nitrogens with one attached hydrogen (secondary N) is 1. The molecule has 1 atom stereocenters. The Morgan fingerprint density at radius 1 is 1.06 bits per heavy atom. The van der Waals surface area contributed by atoms with Gasteiger partial charge in [0.05, 0.1) is 0 Å². The van der Waals surface area contributed by atoms with Crippen molar-refractivity contribution >= 4 is 22.9 Å². The largest absolute Gasteiger partial charge is 0.436 e. The lowest BCUT2D eigenvalue weighted by atomic mass is 9.84. The number of likely N-dealkylation sites (tertiary alicyclic amines) is 1. The minimum Gasteiger partial charge on any atom is -0.436 e. The molecule has 1 saturated heterocycles. The topological polar surface area (TPSA) is 75.4 Å². The number of aromatic nitrogens is 1. The minimum absolute atomic E-state index is 0.0194. The summed E-state index contributed by atoms with van der Waals surface area (Å²) in [6, 6.07) is 21.2. The summed E-state index contributed by atoms with van der Waals surface area (Å²) >= 11 is 0. The molecule has 0 spiro atoms. The highest BCUT2D eigenvalue weighted by atomic mass is 19.1. The fourth-order valence-corrected chi connectivity index (χ4v) is 4.71. The summed E-state index contributed by atoms with van der Waals surface area (Å²) in [5.74, 6) is 0.216. The van der Waals surface area contributed by atoms with Gasteiger partial charge in [0.1, 0.15) is 11.3 Å². The zero-order chi connectivity index (χ0) is 25.1. The van der Waals surface area contributed by atoms with Gasteiger partial charge in [-0.25, -0.2) is 9.37 Å². The molecule has 2 heterocycles. The van der Waals surface area contributed by atoms with Crippen LogP contribution in [0.4, 0.5) is 4.39 Å². The molecule has 0 unspecified atom stereocenters. The molecular weight excluding hydrogens is 457 g/mol. The van der Waals surface area contributed by atoms with Gasteiger partial charge in [-0.1, -0.05) is 37.3 Å². The number of benzene rings is 3. The molecule has 3 aromatic carbocycles. The lowest BCUT2D eigenvalue weighted by molar-refractivity contribution is -0.126. The van der Waals surface area contributed by atoms with Gasteiger partial charge in [-0.2, -0.15) is 0 Å². The van der Waals surface area contributed by atoms with Gasteiger partial charge in [0.2, 0.25) is 11.8 Å². The highest BCUT2D eigenvalue weighted by molar-refractivity contribution is 5.97. The molecule has 0 bridgehead atoms. The third-order valence-electron chi connectivity index (χ3n) is 6.98. The van der Waals surface area contributed by atoms with E-state index in [0.717, 1.165) is 24.0 Å². The number of piperidine rings is 1. The van der Waals surface area contributed by atoms with Gasteiger partial charge in [-0.05, 0) is 66.8 Å². The SMILES string of the molecule is C[C@H](C(=O)NCc1ccc(F)cc1)C1CCN(C(=O)c2ccc3nc(-c4ccccc4)oc3c2)CC1. The number of fused-ring (bicyclic) bond motifs is 1. The zero-order valence-corrected chi connectivity index (χ0v) is 20.1. The average Bonchev–Trinajstić information content (AvgIpc) is 3.36. The van der Waals surface area contributed by atoms with Crippen molar-refractivity contribution in [3.8, 4) is 11.5 Å². The maximum atomic E-state index is 13.2. The van der Waals surface area contributed by atoms with Gasteiger partial charge in [0.25, 0.3) is 5.91 Å². The van der Waals surface area contributed by atoms with Crippen LogP contribution in [0.2, 0.25) is 0 Å². The number of amides is 2. The number of carbonyl (C=O) groups is 2. The van der Waals surface area contributed by atoms with Crippen LogP contribution in [0.3, 0.4) is 0 Å². The van der Waals surface area contributed by atoms with Crippen LogP contribution in [0, 0.1) is 17.7 Å². The van der Waals surface area contributed by atoms with E-state index in [1.54, 1.807) is 24.3 Å². The van der Waals surface area contributed by atoms with Gasteiger partial charge >= 0.3 is 0 Å². The summed E-state index contributed by atoms with van der Waals surface area (Å²) in [6.45, 7) is 3.51. The number of hydrogen-bond donors (Lipinski definition) is 1. The molecule has 0 aliphatic carbocycles. The average molecular weight is 486 g/mol.